The first-order chi connectivity index (χ1) is 12.4. The van der Waals surface area contributed by atoms with Crippen LogP contribution in [0.15, 0.2) is 0 Å². The van der Waals surface area contributed by atoms with E-state index in [0.717, 1.165) is 27.9 Å². The fourth-order valence-electron chi connectivity index (χ4n) is 2.52. The average molecular weight is 390 g/mol. The lowest BCUT2D eigenvalue weighted by Gasteiger charge is -2.44. The van der Waals surface area contributed by atoms with E-state index >= 15 is 0 Å². The maximum atomic E-state index is 12.2. The Morgan fingerprint density at radius 3 is 1.63 bits per heavy atom. The Hall–Kier alpha value is -2.20. The topological polar surface area (TPSA) is 124 Å². The lowest BCUT2D eigenvalue weighted by Crippen LogP contribution is -2.64. The molecule has 0 amide bonds. The Bertz CT molecular complexity index is 579. The van der Waals surface area contributed by atoms with Gasteiger partial charge in [0, 0.05) is 20.8 Å². The maximum Gasteiger partial charge on any atom is 0.339 e. The fourth-order valence-corrected chi connectivity index (χ4v) is 2.52. The molecule has 0 aliphatic carbocycles. The Morgan fingerprint density at radius 1 is 0.778 bits per heavy atom. The van der Waals surface area contributed by atoms with Crippen LogP contribution in [-0.2, 0) is 47.6 Å². The number of carbonyl (C=O) groups is 4. The second-order valence-electron chi connectivity index (χ2n) is 6.90. The highest BCUT2D eigenvalue weighted by molar-refractivity contribution is 5.77. The quantitative estimate of drug-likeness (QED) is 0.484. The number of carbonyl (C=O) groups excluding carboxylic acids is 4. The van der Waals surface area contributed by atoms with E-state index < -0.39 is 60.2 Å². The Kier molecular flexibility index (Phi) is 7.73. The number of rotatable bonds is 5. The van der Waals surface area contributed by atoms with Crippen molar-refractivity contribution in [2.24, 2.45) is 0 Å². The number of hydrogen-bond acceptors (Lipinski definition) is 10. The Labute approximate surface area is 157 Å². The molecule has 0 aromatic rings. The minimum atomic E-state index is -1.46. The van der Waals surface area contributed by atoms with E-state index in [-0.39, 0.29) is 0 Å². The van der Waals surface area contributed by atoms with Gasteiger partial charge in [-0.05, 0) is 20.8 Å². The van der Waals surface area contributed by atoms with Crippen LogP contribution in [-0.4, -0.2) is 67.3 Å². The van der Waals surface area contributed by atoms with Crippen molar-refractivity contribution < 1.29 is 47.6 Å². The normalized spacial score (nSPS) is 28.0. The van der Waals surface area contributed by atoms with Crippen molar-refractivity contribution in [3.05, 3.63) is 0 Å². The molecule has 0 aromatic carbocycles. The van der Waals surface area contributed by atoms with Crippen LogP contribution in [0.5, 0.6) is 0 Å². The highest BCUT2D eigenvalue weighted by Gasteiger charge is 2.55. The largest absolute Gasteiger partial charge is 0.467 e. The first-order valence-electron chi connectivity index (χ1n) is 8.28. The van der Waals surface area contributed by atoms with E-state index in [9.17, 15) is 19.2 Å². The zero-order chi connectivity index (χ0) is 20.9. The third kappa shape index (κ3) is 6.79. The average Bonchev–Trinajstić information content (AvgIpc) is 2.49. The van der Waals surface area contributed by atoms with Gasteiger partial charge < -0.3 is 28.4 Å². The smallest absolute Gasteiger partial charge is 0.339 e. The van der Waals surface area contributed by atoms with Gasteiger partial charge in [0.05, 0.1) is 12.7 Å². The first kappa shape index (κ1) is 22.8. The lowest BCUT2D eigenvalue weighted by atomic mass is 9.97. The zero-order valence-corrected chi connectivity index (χ0v) is 16.5. The molecule has 154 valence electrons. The van der Waals surface area contributed by atoms with Gasteiger partial charge in [0.15, 0.2) is 30.7 Å². The van der Waals surface area contributed by atoms with Gasteiger partial charge in [-0.3, -0.25) is 14.4 Å². The van der Waals surface area contributed by atoms with E-state index in [1.165, 1.54) is 0 Å². The maximum absolute atomic E-state index is 12.2. The van der Waals surface area contributed by atoms with E-state index in [0.29, 0.717) is 0 Å². The molecule has 1 heterocycles. The molecular formula is C17H26O10. The molecule has 0 radical (unpaired) electrons. The molecule has 2 unspecified atom stereocenters. The van der Waals surface area contributed by atoms with Crippen LogP contribution in [0.4, 0.5) is 0 Å². The minimum Gasteiger partial charge on any atom is -0.467 e. The molecule has 27 heavy (non-hydrogen) atoms. The third-order valence-corrected chi connectivity index (χ3v) is 3.30. The monoisotopic (exact) mass is 390 g/mol. The van der Waals surface area contributed by atoms with Crippen molar-refractivity contribution in [3.8, 4) is 0 Å². The molecule has 0 saturated carbocycles. The summed E-state index contributed by atoms with van der Waals surface area (Å²) in [7, 11) is 1.12. The van der Waals surface area contributed by atoms with Crippen LogP contribution in [0.2, 0.25) is 0 Å². The highest BCUT2D eigenvalue weighted by atomic mass is 16.7. The van der Waals surface area contributed by atoms with Crippen LogP contribution in [0.1, 0.15) is 41.5 Å². The number of hydrogen-bond donors (Lipinski definition) is 0. The fraction of sp³-hybridized carbons (Fsp3) is 0.765. The summed E-state index contributed by atoms with van der Waals surface area (Å²) in [5.41, 5.74) is -0.765. The van der Waals surface area contributed by atoms with Gasteiger partial charge in [0.1, 0.15) is 0 Å². The van der Waals surface area contributed by atoms with Crippen LogP contribution >= 0.6 is 0 Å². The first-order valence-corrected chi connectivity index (χ1v) is 8.28. The van der Waals surface area contributed by atoms with Crippen molar-refractivity contribution in [1.29, 1.82) is 0 Å². The molecule has 1 saturated heterocycles. The van der Waals surface area contributed by atoms with Gasteiger partial charge in [-0.2, -0.15) is 0 Å². The molecule has 1 fully saturated rings. The standard InChI is InChI=1S/C17H26O10/c1-8(18)23-11-12(24-9(2)19)14(25-10(3)20)16(27-17(4,5)6)26-13(11)15(21)22-7/h11-14,16H,1-7H3/t11-,12-,13?,14-,16?/m0/s1. The summed E-state index contributed by atoms with van der Waals surface area (Å²) in [6.45, 7) is 8.52. The molecule has 0 bridgehead atoms. The summed E-state index contributed by atoms with van der Waals surface area (Å²) < 4.78 is 31.6. The molecule has 10 nitrogen and oxygen atoms in total. The van der Waals surface area contributed by atoms with Crippen LogP contribution < -0.4 is 0 Å². The van der Waals surface area contributed by atoms with E-state index in [1.807, 2.05) is 0 Å². The van der Waals surface area contributed by atoms with Crippen LogP contribution in [0.25, 0.3) is 0 Å². The van der Waals surface area contributed by atoms with Crippen molar-refractivity contribution in [2.45, 2.75) is 77.8 Å². The van der Waals surface area contributed by atoms with Crippen molar-refractivity contribution in [2.75, 3.05) is 7.11 Å². The second kappa shape index (κ2) is 9.14. The number of esters is 4. The van der Waals surface area contributed by atoms with Gasteiger partial charge in [-0.1, -0.05) is 0 Å². The molecule has 5 atom stereocenters. The molecule has 0 spiro atoms. The van der Waals surface area contributed by atoms with Gasteiger partial charge in [-0.15, -0.1) is 0 Å². The molecular weight excluding hydrogens is 364 g/mol. The predicted octanol–water partition coefficient (Wildman–Crippen LogP) is 0.494. The van der Waals surface area contributed by atoms with Gasteiger partial charge in [0.25, 0.3) is 0 Å². The summed E-state index contributed by atoms with van der Waals surface area (Å²) in [5.74, 6) is -3.08. The summed E-state index contributed by atoms with van der Waals surface area (Å²) in [5, 5.41) is 0. The van der Waals surface area contributed by atoms with Crippen molar-refractivity contribution >= 4 is 23.9 Å². The molecule has 1 rings (SSSR count). The van der Waals surface area contributed by atoms with Crippen LogP contribution in [0.3, 0.4) is 0 Å². The van der Waals surface area contributed by atoms with E-state index in [2.05, 4.69) is 0 Å². The summed E-state index contributed by atoms with van der Waals surface area (Å²) in [6.07, 6.45) is -6.77. The van der Waals surface area contributed by atoms with Crippen molar-refractivity contribution in [3.63, 3.8) is 0 Å². The summed E-state index contributed by atoms with van der Waals surface area (Å²) in [4.78, 5) is 46.9. The minimum absolute atomic E-state index is 0.707. The SMILES string of the molecule is COC(=O)C1OC(OC(C)(C)C)[C@@H](OC(C)=O)[C@@H](OC(C)=O)[C@@H]1OC(C)=O. The Balaban J connectivity index is 3.40. The lowest BCUT2D eigenvalue weighted by molar-refractivity contribution is -0.319. The zero-order valence-electron chi connectivity index (χ0n) is 16.5. The van der Waals surface area contributed by atoms with Gasteiger partial charge >= 0.3 is 23.9 Å². The summed E-state index contributed by atoms with van der Waals surface area (Å²) >= 11 is 0. The Morgan fingerprint density at radius 2 is 1.22 bits per heavy atom. The van der Waals surface area contributed by atoms with Gasteiger partial charge in [0.2, 0.25) is 0 Å². The molecule has 0 aromatic heterocycles. The highest BCUT2D eigenvalue weighted by Crippen LogP contribution is 2.32. The molecule has 1 aliphatic rings. The molecule has 10 heteroatoms. The van der Waals surface area contributed by atoms with E-state index in [1.54, 1.807) is 20.8 Å². The van der Waals surface area contributed by atoms with Gasteiger partial charge in [-0.25, -0.2) is 4.79 Å². The second-order valence-corrected chi connectivity index (χ2v) is 6.90. The molecule has 1 aliphatic heterocycles. The van der Waals surface area contributed by atoms with Crippen molar-refractivity contribution in [1.82, 2.24) is 0 Å². The number of methoxy groups -OCH3 is 1. The third-order valence-electron chi connectivity index (χ3n) is 3.30. The predicted molar refractivity (Wildman–Crippen MR) is 88.2 cm³/mol. The summed E-state index contributed by atoms with van der Waals surface area (Å²) in [6, 6.07) is 0. The molecule has 0 N–H and O–H groups in total. The number of ether oxygens (including phenoxy) is 6. The van der Waals surface area contributed by atoms with E-state index in [4.69, 9.17) is 28.4 Å². The van der Waals surface area contributed by atoms with Crippen LogP contribution in [0, 0.1) is 0 Å².